The van der Waals surface area contributed by atoms with E-state index in [1.807, 2.05) is 23.1 Å². The molecule has 304 valence electrons. The van der Waals surface area contributed by atoms with Gasteiger partial charge in [0.25, 0.3) is 0 Å². The van der Waals surface area contributed by atoms with Crippen LogP contribution >= 0.6 is 0 Å². The summed E-state index contributed by atoms with van der Waals surface area (Å²) in [4.78, 5) is 44.7. The third kappa shape index (κ3) is 11.1. The summed E-state index contributed by atoms with van der Waals surface area (Å²) < 4.78 is 83.4. The van der Waals surface area contributed by atoms with Gasteiger partial charge in [-0.05, 0) is 105 Å². The summed E-state index contributed by atoms with van der Waals surface area (Å²) in [5, 5.41) is 3.00. The number of hydrogen-bond acceptors (Lipinski definition) is 5. The summed E-state index contributed by atoms with van der Waals surface area (Å²) in [6, 6.07) is 10.0. The predicted molar refractivity (Wildman–Crippen MR) is 196 cm³/mol. The maximum Gasteiger partial charge on any atom is 0.416 e. The predicted octanol–water partition coefficient (Wildman–Crippen LogP) is 8.32. The fourth-order valence-electron chi connectivity index (χ4n) is 8.06. The normalized spacial score (nSPS) is 20.8. The lowest BCUT2D eigenvalue weighted by Gasteiger charge is -2.44. The Labute approximate surface area is 319 Å². The highest BCUT2D eigenvalue weighted by Gasteiger charge is 2.38. The van der Waals surface area contributed by atoms with Crippen LogP contribution in [0, 0.1) is 11.3 Å². The number of carbonyl (C=O) groups is 3. The number of hydrogen-bond donors (Lipinski definition) is 1. The first-order valence-corrected chi connectivity index (χ1v) is 19.1. The number of piperidine rings is 3. The molecule has 55 heavy (non-hydrogen) atoms. The fraction of sp³-hybridized carbons (Fsp3) is 0.625. The molecule has 0 aliphatic carbocycles. The first kappa shape index (κ1) is 42.1. The Balaban J connectivity index is 0.000000228. The number of para-hydroxylation sites is 1. The number of carbonyl (C=O) groups excluding carboxylic acids is 3. The second kappa shape index (κ2) is 17.4. The second-order valence-corrected chi connectivity index (χ2v) is 16.0. The zero-order valence-electron chi connectivity index (χ0n) is 32.1. The van der Waals surface area contributed by atoms with Crippen molar-refractivity contribution >= 4 is 23.7 Å². The molecule has 0 unspecified atom stereocenters. The maximum atomic E-state index is 13.1. The van der Waals surface area contributed by atoms with Crippen LogP contribution in [-0.4, -0.2) is 103 Å². The Morgan fingerprint density at radius 2 is 1.36 bits per heavy atom. The van der Waals surface area contributed by atoms with Gasteiger partial charge in [-0.2, -0.15) is 26.3 Å². The average Bonchev–Trinajstić information content (AvgIpc) is 3.31. The van der Waals surface area contributed by atoms with Crippen LogP contribution in [0.5, 0.6) is 0 Å². The van der Waals surface area contributed by atoms with Gasteiger partial charge in [-0.1, -0.05) is 39.0 Å². The molecule has 3 fully saturated rings. The van der Waals surface area contributed by atoms with Gasteiger partial charge in [-0.15, -0.1) is 0 Å². The highest BCUT2D eigenvalue weighted by atomic mass is 19.4. The van der Waals surface area contributed by atoms with Crippen molar-refractivity contribution in [3.05, 3.63) is 64.7 Å². The van der Waals surface area contributed by atoms with Crippen LogP contribution in [0.3, 0.4) is 0 Å². The number of urea groups is 1. The van der Waals surface area contributed by atoms with E-state index in [9.17, 15) is 40.7 Å². The minimum absolute atomic E-state index is 0.0403. The Kier molecular flexibility index (Phi) is 13.3. The summed E-state index contributed by atoms with van der Waals surface area (Å²) in [5.41, 5.74) is -0.399. The van der Waals surface area contributed by atoms with E-state index in [-0.39, 0.29) is 42.1 Å². The molecule has 6 rings (SSSR count). The molecule has 1 N–H and O–H groups in total. The van der Waals surface area contributed by atoms with Crippen LogP contribution < -0.4 is 5.32 Å². The van der Waals surface area contributed by atoms with Gasteiger partial charge >= 0.3 is 24.5 Å². The van der Waals surface area contributed by atoms with Crippen molar-refractivity contribution in [2.75, 3.05) is 58.2 Å². The molecule has 0 spiro atoms. The van der Waals surface area contributed by atoms with Crippen molar-refractivity contribution in [3.63, 3.8) is 0 Å². The largest absolute Gasteiger partial charge is 0.453 e. The van der Waals surface area contributed by atoms with Crippen LogP contribution in [0.25, 0.3) is 0 Å². The Hall–Kier alpha value is -4.01. The molecule has 0 bridgehead atoms. The lowest BCUT2D eigenvalue weighted by molar-refractivity contribution is -0.143. The van der Waals surface area contributed by atoms with E-state index >= 15 is 0 Å². The van der Waals surface area contributed by atoms with E-state index in [0.29, 0.717) is 56.3 Å². The minimum atomic E-state index is -4.89. The van der Waals surface area contributed by atoms with Crippen molar-refractivity contribution in [1.29, 1.82) is 0 Å². The van der Waals surface area contributed by atoms with Crippen molar-refractivity contribution in [1.82, 2.24) is 19.6 Å². The molecule has 3 saturated heterocycles. The summed E-state index contributed by atoms with van der Waals surface area (Å²) in [6.45, 7) is 11.3. The number of nitrogens with one attached hydrogen (secondary N) is 1. The number of fused-ring (bicyclic) bond motifs is 1. The molecule has 9 nitrogen and oxygen atoms in total. The van der Waals surface area contributed by atoms with Crippen LogP contribution in [-0.2, 0) is 34.7 Å². The summed E-state index contributed by atoms with van der Waals surface area (Å²) in [7, 11) is 1.40. The molecule has 4 heterocycles. The smallest absolute Gasteiger partial charge is 0.416 e. The number of anilines is 1. The molecule has 0 aromatic heterocycles. The lowest BCUT2D eigenvalue weighted by Crippen LogP contribution is -2.50. The third-order valence-corrected chi connectivity index (χ3v) is 11.5. The Morgan fingerprint density at radius 3 is 1.93 bits per heavy atom. The maximum absolute atomic E-state index is 13.1. The minimum Gasteiger partial charge on any atom is -0.453 e. The summed E-state index contributed by atoms with van der Waals surface area (Å²) in [5.74, 6) is -0.930. The fourth-order valence-corrected chi connectivity index (χ4v) is 8.06. The van der Waals surface area contributed by atoms with Gasteiger partial charge in [-0.25, -0.2) is 9.59 Å². The van der Waals surface area contributed by atoms with Gasteiger partial charge in [0.15, 0.2) is 0 Å². The van der Waals surface area contributed by atoms with Crippen molar-refractivity contribution in [3.8, 4) is 0 Å². The molecule has 4 aliphatic heterocycles. The van der Waals surface area contributed by atoms with Gasteiger partial charge in [-0.3, -0.25) is 4.79 Å². The Bertz CT molecular complexity index is 1610. The van der Waals surface area contributed by atoms with Crippen LogP contribution in [0.2, 0.25) is 0 Å². The molecule has 0 saturated carbocycles. The molecule has 4 amide bonds. The van der Waals surface area contributed by atoms with Crippen LogP contribution in [0.15, 0.2) is 42.5 Å². The van der Waals surface area contributed by atoms with E-state index in [4.69, 9.17) is 4.74 Å². The van der Waals surface area contributed by atoms with E-state index in [0.717, 1.165) is 63.7 Å². The standard InChI is InChI=1S/C24H32F6N2O.C16H21N3O3/c1-16(12-17-13-18(23(25,26)27)15-19(14-17)24(28,29)30)21(33)32-8-4-20(5-9-32)31-10-6-22(2,3)7-11-31;1-22-16(21)18-9-7-13(8-10-18)19-11-6-12-4-2-3-5-14(12)17-15(19)20/h13-16,20H,4-12H2,1-3H3;2-5,13H,6-11H2,1H3,(H,17,20)/t16-;/m1./s1. The third-order valence-electron chi connectivity index (χ3n) is 11.5. The molecule has 4 aliphatic rings. The van der Waals surface area contributed by atoms with Crippen molar-refractivity contribution in [2.24, 2.45) is 11.3 Å². The van der Waals surface area contributed by atoms with E-state index in [2.05, 4.69) is 30.1 Å². The second-order valence-electron chi connectivity index (χ2n) is 16.0. The molecule has 15 heteroatoms. The topological polar surface area (TPSA) is 85.4 Å². The van der Waals surface area contributed by atoms with Crippen molar-refractivity contribution < 1.29 is 45.5 Å². The first-order valence-electron chi connectivity index (χ1n) is 19.1. The van der Waals surface area contributed by atoms with Gasteiger partial charge < -0.3 is 29.7 Å². The van der Waals surface area contributed by atoms with Gasteiger partial charge in [0.2, 0.25) is 5.91 Å². The molecular weight excluding hydrogens is 728 g/mol. The zero-order chi connectivity index (χ0) is 40.1. The Morgan fingerprint density at radius 1 is 0.818 bits per heavy atom. The summed E-state index contributed by atoms with van der Waals surface area (Å²) in [6.07, 6.45) is -3.87. The number of alkyl halides is 6. The molecule has 2 aromatic carbocycles. The van der Waals surface area contributed by atoms with Crippen molar-refractivity contribution in [2.45, 2.75) is 96.6 Å². The number of nitrogens with zero attached hydrogens (tertiary/aromatic N) is 4. The number of likely N-dealkylation sites (tertiary alicyclic amines) is 3. The quantitative estimate of drug-likeness (QED) is 0.309. The molecule has 2 aromatic rings. The monoisotopic (exact) mass is 781 g/mol. The van der Waals surface area contributed by atoms with E-state index in [1.165, 1.54) is 12.7 Å². The van der Waals surface area contributed by atoms with Crippen LogP contribution in [0.4, 0.5) is 41.6 Å². The van der Waals surface area contributed by atoms with E-state index in [1.54, 1.807) is 16.7 Å². The highest BCUT2D eigenvalue weighted by molar-refractivity contribution is 5.91. The SMILES string of the molecule is COC(=O)N1CCC(N2CCc3ccccc3NC2=O)CC1.C[C@H](Cc1cc(C(F)(F)F)cc(C(F)(F)F)c1)C(=O)N1CCC(N2CCC(C)(C)CC2)CC1. The van der Waals surface area contributed by atoms with Gasteiger partial charge in [0.1, 0.15) is 0 Å². The molecule has 0 radical (unpaired) electrons. The van der Waals surface area contributed by atoms with Gasteiger partial charge in [0, 0.05) is 56.4 Å². The first-order chi connectivity index (χ1) is 25.8. The molecule has 1 atom stereocenters. The highest BCUT2D eigenvalue weighted by Crippen LogP contribution is 2.37. The number of methoxy groups -OCH3 is 1. The zero-order valence-corrected chi connectivity index (χ0v) is 32.1. The number of benzene rings is 2. The van der Waals surface area contributed by atoms with Crippen LogP contribution in [0.1, 0.15) is 81.5 Å². The van der Waals surface area contributed by atoms with E-state index < -0.39 is 29.4 Å². The number of ether oxygens (including phenoxy) is 1. The number of halogens is 6. The molecular formula is C40H53F6N5O4. The number of rotatable bonds is 5. The summed E-state index contributed by atoms with van der Waals surface area (Å²) >= 11 is 0. The van der Waals surface area contributed by atoms with Gasteiger partial charge in [0.05, 0.1) is 18.2 Å². The average molecular weight is 782 g/mol. The number of amides is 4. The lowest BCUT2D eigenvalue weighted by atomic mass is 9.82.